The minimum Gasteiger partial charge on any atom is -0.506 e. The Morgan fingerprint density at radius 3 is 2.23 bits per heavy atom. The first-order valence-electron chi connectivity index (χ1n) is 13.7. The molecule has 0 bridgehead atoms. The highest BCUT2D eigenvalue weighted by Gasteiger charge is 2.31. The van der Waals surface area contributed by atoms with Gasteiger partial charge in [-0.25, -0.2) is 18.2 Å². The van der Waals surface area contributed by atoms with Crippen molar-refractivity contribution in [1.29, 1.82) is 0 Å². The van der Waals surface area contributed by atoms with Crippen molar-refractivity contribution < 1.29 is 41.8 Å². The maximum absolute atomic E-state index is 13.3. The fourth-order valence-electron chi connectivity index (χ4n) is 4.26. The van der Waals surface area contributed by atoms with Gasteiger partial charge in [-0.3, -0.25) is 9.59 Å². The Hall–Kier alpha value is -5.11. The summed E-state index contributed by atoms with van der Waals surface area (Å²) in [5.41, 5.74) is 1.24. The molecule has 5 rings (SSSR count). The predicted octanol–water partition coefficient (Wildman–Crippen LogP) is 6.78. The van der Waals surface area contributed by atoms with E-state index in [0.29, 0.717) is 0 Å². The molecule has 0 aliphatic rings. The van der Waals surface area contributed by atoms with Gasteiger partial charge >= 0.3 is 11.9 Å². The van der Waals surface area contributed by atoms with Gasteiger partial charge < -0.3 is 29.6 Å². The Bertz CT molecular complexity index is 2090. The SMILES string of the molecule is COC(=O)c1ccc(Oc2cc(NC(=O)c3nc4cc(Cl)c(Cl)cc4o3)c(O)cc2NC(=O)C(C)S(=O)(=O)c2ccc(C)cc2)cc1. The lowest BCUT2D eigenvalue weighted by Crippen LogP contribution is -2.32. The van der Waals surface area contributed by atoms with Gasteiger partial charge in [-0.1, -0.05) is 40.9 Å². The zero-order chi connectivity index (χ0) is 34.0. The number of fused-ring (bicyclic) bond motifs is 1. The lowest BCUT2D eigenvalue weighted by Gasteiger charge is -2.18. The van der Waals surface area contributed by atoms with Crippen molar-refractivity contribution in [2.75, 3.05) is 17.7 Å². The number of phenolic OH excluding ortho intramolecular Hbond substituents is 1. The highest BCUT2D eigenvalue weighted by Crippen LogP contribution is 2.39. The fraction of sp³-hybridized carbons (Fsp3) is 0.125. The van der Waals surface area contributed by atoms with Crippen LogP contribution < -0.4 is 15.4 Å². The average molecular weight is 699 g/mol. The van der Waals surface area contributed by atoms with Gasteiger partial charge in [0.25, 0.3) is 5.89 Å². The van der Waals surface area contributed by atoms with Gasteiger partial charge in [0.05, 0.1) is 39.0 Å². The van der Waals surface area contributed by atoms with Crippen molar-refractivity contribution in [2.45, 2.75) is 24.0 Å². The molecule has 12 nitrogen and oxygen atoms in total. The van der Waals surface area contributed by atoms with Gasteiger partial charge in [0.2, 0.25) is 5.91 Å². The Balaban J connectivity index is 1.47. The maximum atomic E-state index is 13.3. The molecule has 4 aromatic carbocycles. The van der Waals surface area contributed by atoms with Gasteiger partial charge in [-0.2, -0.15) is 0 Å². The number of nitrogens with zero attached hydrogens (tertiary/aromatic N) is 1. The van der Waals surface area contributed by atoms with E-state index in [-0.39, 0.29) is 60.4 Å². The molecule has 1 heterocycles. The summed E-state index contributed by atoms with van der Waals surface area (Å²) in [5, 5.41) is 14.7. The number of oxazole rings is 1. The highest BCUT2D eigenvalue weighted by molar-refractivity contribution is 7.92. The zero-order valence-electron chi connectivity index (χ0n) is 24.8. The van der Waals surface area contributed by atoms with Crippen LogP contribution in [-0.4, -0.2) is 48.7 Å². The number of aromatic hydroxyl groups is 1. The number of aromatic nitrogens is 1. The standard InChI is InChI=1S/C32H25Cl2N3O9S/c1-16-4-10-20(11-5-16)47(42,43)17(2)29(39)36-25-14-26(38)23(15-28(25)45-19-8-6-18(7-9-19)32(41)44-3)35-30(40)31-37-24-12-21(33)22(34)13-27(24)46-31/h4-15,17,38H,1-3H3,(H,35,40)(H,36,39). The molecule has 1 aromatic heterocycles. The van der Waals surface area contributed by atoms with Gasteiger partial charge in [0, 0.05) is 18.2 Å². The molecule has 0 spiro atoms. The number of carbonyl (C=O) groups excluding carboxylic acids is 3. The number of rotatable bonds is 9. The minimum absolute atomic E-state index is 0.0439. The third-order valence-corrected chi connectivity index (χ3v) is 9.71. The lowest BCUT2D eigenvalue weighted by molar-refractivity contribution is -0.115. The van der Waals surface area contributed by atoms with E-state index < -0.39 is 38.6 Å². The van der Waals surface area contributed by atoms with Crippen molar-refractivity contribution in [3.63, 3.8) is 0 Å². The van der Waals surface area contributed by atoms with Gasteiger partial charge in [-0.15, -0.1) is 0 Å². The Kier molecular flexibility index (Phi) is 9.43. The quantitative estimate of drug-likeness (QED) is 0.110. The second-order valence-electron chi connectivity index (χ2n) is 10.2. The number of hydrogen-bond donors (Lipinski definition) is 3. The molecule has 5 aromatic rings. The monoisotopic (exact) mass is 697 g/mol. The number of amides is 2. The number of methoxy groups -OCH3 is 1. The molecule has 2 amide bonds. The van der Waals surface area contributed by atoms with Gasteiger partial charge in [0.1, 0.15) is 22.3 Å². The number of ether oxygens (including phenoxy) is 2. The summed E-state index contributed by atoms with van der Waals surface area (Å²) in [6.45, 7) is 3.03. The molecule has 242 valence electrons. The molecule has 1 unspecified atom stereocenters. The van der Waals surface area contributed by atoms with Crippen LogP contribution in [0.25, 0.3) is 11.1 Å². The van der Waals surface area contributed by atoms with E-state index in [1.54, 1.807) is 19.1 Å². The van der Waals surface area contributed by atoms with Crippen molar-refractivity contribution in [2.24, 2.45) is 0 Å². The molecule has 0 fully saturated rings. The first-order valence-corrected chi connectivity index (χ1v) is 16.0. The summed E-state index contributed by atoms with van der Waals surface area (Å²) in [6.07, 6.45) is 0. The number of halogens is 2. The molecule has 47 heavy (non-hydrogen) atoms. The van der Waals surface area contributed by atoms with Crippen LogP contribution >= 0.6 is 23.2 Å². The van der Waals surface area contributed by atoms with Gasteiger partial charge in [0.15, 0.2) is 21.2 Å². The van der Waals surface area contributed by atoms with E-state index in [0.717, 1.165) is 11.6 Å². The van der Waals surface area contributed by atoms with E-state index in [1.807, 2.05) is 0 Å². The van der Waals surface area contributed by atoms with E-state index in [1.165, 1.54) is 68.6 Å². The van der Waals surface area contributed by atoms with Crippen LogP contribution in [0.1, 0.15) is 33.5 Å². The minimum atomic E-state index is -4.09. The molecule has 0 aliphatic carbocycles. The second-order valence-corrected chi connectivity index (χ2v) is 13.3. The fourth-order valence-corrected chi connectivity index (χ4v) is 5.83. The summed E-state index contributed by atoms with van der Waals surface area (Å²) < 4.78 is 42.5. The smallest absolute Gasteiger partial charge is 0.337 e. The molecule has 0 saturated heterocycles. The first kappa shape index (κ1) is 33.3. The molecular weight excluding hydrogens is 673 g/mol. The molecule has 0 radical (unpaired) electrons. The third kappa shape index (κ3) is 7.17. The summed E-state index contributed by atoms with van der Waals surface area (Å²) in [7, 11) is -2.86. The van der Waals surface area contributed by atoms with Crippen LogP contribution in [0.15, 0.2) is 82.1 Å². The van der Waals surface area contributed by atoms with Crippen molar-refractivity contribution >= 4 is 73.3 Å². The van der Waals surface area contributed by atoms with E-state index >= 15 is 0 Å². The largest absolute Gasteiger partial charge is 0.506 e. The topological polar surface area (TPSA) is 174 Å². The number of esters is 1. The number of hydrogen-bond acceptors (Lipinski definition) is 10. The second kappa shape index (κ2) is 13.3. The Labute approximate surface area is 278 Å². The maximum Gasteiger partial charge on any atom is 0.337 e. The van der Waals surface area contributed by atoms with Crippen LogP contribution in [0.4, 0.5) is 11.4 Å². The number of carbonyl (C=O) groups is 3. The number of benzene rings is 4. The molecule has 15 heteroatoms. The van der Waals surface area contributed by atoms with Crippen molar-refractivity contribution in [3.05, 3.63) is 99.9 Å². The molecule has 0 aliphatic heterocycles. The van der Waals surface area contributed by atoms with Crippen molar-refractivity contribution in [1.82, 2.24) is 4.98 Å². The lowest BCUT2D eigenvalue weighted by atomic mass is 10.2. The number of aryl methyl sites for hydroxylation is 1. The van der Waals surface area contributed by atoms with E-state index in [4.69, 9.17) is 37.1 Å². The van der Waals surface area contributed by atoms with Crippen LogP contribution in [-0.2, 0) is 19.4 Å². The van der Waals surface area contributed by atoms with Crippen LogP contribution in [0.3, 0.4) is 0 Å². The normalized spacial score (nSPS) is 11.9. The summed E-state index contributed by atoms with van der Waals surface area (Å²) in [6, 6.07) is 16.9. The summed E-state index contributed by atoms with van der Waals surface area (Å²) >= 11 is 12.0. The number of anilines is 2. The Morgan fingerprint density at radius 2 is 1.57 bits per heavy atom. The number of sulfone groups is 1. The summed E-state index contributed by atoms with van der Waals surface area (Å²) in [4.78, 5) is 42.2. The zero-order valence-corrected chi connectivity index (χ0v) is 27.2. The first-order chi connectivity index (χ1) is 22.3. The average Bonchev–Trinajstić information content (AvgIpc) is 3.45. The molecule has 3 N–H and O–H groups in total. The molecule has 0 saturated carbocycles. The van der Waals surface area contributed by atoms with Crippen LogP contribution in [0.2, 0.25) is 10.0 Å². The van der Waals surface area contributed by atoms with Gasteiger partial charge in [-0.05, 0) is 56.3 Å². The third-order valence-electron chi connectivity index (χ3n) is 6.92. The Morgan fingerprint density at radius 1 is 0.915 bits per heavy atom. The van der Waals surface area contributed by atoms with Crippen LogP contribution in [0, 0.1) is 6.92 Å². The molecular formula is C32H25Cl2N3O9S. The van der Waals surface area contributed by atoms with E-state index in [9.17, 15) is 27.9 Å². The predicted molar refractivity (Wildman–Crippen MR) is 174 cm³/mol. The number of phenols is 1. The van der Waals surface area contributed by atoms with Crippen molar-refractivity contribution in [3.8, 4) is 17.2 Å². The van der Waals surface area contributed by atoms with Crippen LogP contribution in [0.5, 0.6) is 17.2 Å². The highest BCUT2D eigenvalue weighted by atomic mass is 35.5. The summed E-state index contributed by atoms with van der Waals surface area (Å²) in [5.74, 6) is -3.16. The number of nitrogens with one attached hydrogen (secondary N) is 2. The molecule has 1 atom stereocenters. The van der Waals surface area contributed by atoms with E-state index in [2.05, 4.69) is 15.6 Å².